The van der Waals surface area contributed by atoms with E-state index in [1.54, 1.807) is 4.90 Å². The molecule has 0 bridgehead atoms. The van der Waals surface area contributed by atoms with Gasteiger partial charge in [-0.2, -0.15) is 0 Å². The fourth-order valence-corrected chi connectivity index (χ4v) is 3.68. The van der Waals surface area contributed by atoms with Crippen molar-refractivity contribution < 1.29 is 9.53 Å². The van der Waals surface area contributed by atoms with Gasteiger partial charge in [0.2, 0.25) is 0 Å². The summed E-state index contributed by atoms with van der Waals surface area (Å²) in [5.74, 6) is 0.845. The van der Waals surface area contributed by atoms with Crippen LogP contribution in [0.5, 0.6) is 5.75 Å². The van der Waals surface area contributed by atoms with Crippen LogP contribution in [0.15, 0.2) is 24.3 Å². The summed E-state index contributed by atoms with van der Waals surface area (Å²) in [5.41, 5.74) is 1.88. The molecule has 7 heteroatoms. The number of ether oxygens (including phenoxy) is 1. The van der Waals surface area contributed by atoms with Crippen molar-refractivity contribution in [3.63, 3.8) is 0 Å². The molecule has 0 radical (unpaired) electrons. The van der Waals surface area contributed by atoms with Crippen molar-refractivity contribution in [2.24, 2.45) is 0 Å². The second-order valence-electron chi connectivity index (χ2n) is 5.83. The van der Waals surface area contributed by atoms with Crippen LogP contribution in [0, 0.1) is 0 Å². The summed E-state index contributed by atoms with van der Waals surface area (Å²) >= 11 is 1.16. The second-order valence-corrected chi connectivity index (χ2v) is 6.59. The largest absolute Gasteiger partial charge is 0.485 e. The lowest BCUT2D eigenvalue weighted by molar-refractivity contribution is 0.0713. The van der Waals surface area contributed by atoms with Crippen LogP contribution in [0.1, 0.15) is 29.2 Å². The first-order valence-electron chi connectivity index (χ1n) is 8.21. The van der Waals surface area contributed by atoms with Gasteiger partial charge in [0.1, 0.15) is 16.7 Å². The molecule has 3 rings (SSSR count). The number of fused-ring (bicyclic) bond motifs is 1. The molecule has 1 aliphatic rings. The third-order valence-electron chi connectivity index (χ3n) is 4.21. The van der Waals surface area contributed by atoms with E-state index in [0.717, 1.165) is 41.8 Å². The Kier molecular flexibility index (Phi) is 4.99. The zero-order valence-corrected chi connectivity index (χ0v) is 15.0. The van der Waals surface area contributed by atoms with Gasteiger partial charge in [-0.15, -0.1) is 5.10 Å². The number of anilines is 1. The van der Waals surface area contributed by atoms with Crippen molar-refractivity contribution in [1.82, 2.24) is 14.5 Å². The van der Waals surface area contributed by atoms with Crippen molar-refractivity contribution in [1.29, 1.82) is 0 Å². The zero-order valence-electron chi connectivity index (χ0n) is 14.2. The van der Waals surface area contributed by atoms with Gasteiger partial charge in [-0.3, -0.25) is 4.79 Å². The quantitative estimate of drug-likeness (QED) is 0.832. The molecular weight excluding hydrogens is 324 g/mol. The van der Waals surface area contributed by atoms with Gasteiger partial charge < -0.3 is 14.5 Å². The number of hydrogen-bond donors (Lipinski definition) is 0. The Hall–Kier alpha value is -2.15. The minimum Gasteiger partial charge on any atom is -0.485 e. The lowest BCUT2D eigenvalue weighted by atomic mass is 10.1. The topological polar surface area (TPSA) is 58.6 Å². The number of carbonyl (C=O) groups is 1. The standard InChI is InChI=1S/C17H22N4O2S/c1-4-13-16(24-19-18-13)17(22)20(3)10-12-11-21(5-2)14-8-6-7-9-15(14)23-12/h6-9,12H,4-5,10-11H2,1-3H3/t12-/m0/s1. The van der Waals surface area contributed by atoms with Crippen LogP contribution in [0.3, 0.4) is 0 Å². The molecule has 0 N–H and O–H groups in total. The Labute approximate surface area is 146 Å². The van der Waals surface area contributed by atoms with Gasteiger partial charge in [0.05, 0.1) is 24.5 Å². The van der Waals surface area contributed by atoms with Crippen LogP contribution in [0.25, 0.3) is 0 Å². The van der Waals surface area contributed by atoms with Gasteiger partial charge in [-0.1, -0.05) is 23.5 Å². The van der Waals surface area contributed by atoms with Gasteiger partial charge in [0.15, 0.2) is 0 Å². The summed E-state index contributed by atoms with van der Waals surface area (Å²) in [4.78, 5) is 17.3. The number of benzene rings is 1. The molecule has 0 unspecified atom stereocenters. The summed E-state index contributed by atoms with van der Waals surface area (Å²) < 4.78 is 10.00. The summed E-state index contributed by atoms with van der Waals surface area (Å²) in [6, 6.07) is 8.04. The number of aromatic nitrogens is 2. The number of carbonyl (C=O) groups excluding carboxylic acids is 1. The molecule has 0 saturated carbocycles. The summed E-state index contributed by atoms with van der Waals surface area (Å²) in [7, 11) is 1.81. The molecule has 2 aromatic rings. The normalized spacial score (nSPS) is 16.5. The van der Waals surface area contributed by atoms with E-state index in [1.807, 2.05) is 32.2 Å². The van der Waals surface area contributed by atoms with E-state index in [1.165, 1.54) is 0 Å². The van der Waals surface area contributed by atoms with Crippen LogP contribution in [0.4, 0.5) is 5.69 Å². The summed E-state index contributed by atoms with van der Waals surface area (Å²) in [5, 5.41) is 4.02. The first-order valence-corrected chi connectivity index (χ1v) is 8.98. The molecule has 1 aromatic heterocycles. The Morgan fingerprint density at radius 3 is 2.96 bits per heavy atom. The van der Waals surface area contributed by atoms with Crippen LogP contribution in [-0.4, -0.2) is 53.2 Å². The summed E-state index contributed by atoms with van der Waals surface area (Å²) in [6.45, 7) is 6.32. The van der Waals surface area contributed by atoms with E-state index in [2.05, 4.69) is 27.5 Å². The average Bonchev–Trinajstić information content (AvgIpc) is 3.08. The molecule has 0 spiro atoms. The first kappa shape index (κ1) is 16.7. The monoisotopic (exact) mass is 346 g/mol. The molecule has 1 atom stereocenters. The van der Waals surface area contributed by atoms with E-state index >= 15 is 0 Å². The van der Waals surface area contributed by atoms with Gasteiger partial charge >= 0.3 is 0 Å². The first-order chi connectivity index (χ1) is 11.6. The molecule has 2 heterocycles. The molecular formula is C17H22N4O2S. The van der Waals surface area contributed by atoms with E-state index in [0.29, 0.717) is 17.8 Å². The Morgan fingerprint density at radius 2 is 2.21 bits per heavy atom. The van der Waals surface area contributed by atoms with E-state index in [-0.39, 0.29) is 12.0 Å². The minimum atomic E-state index is -0.0558. The van der Waals surface area contributed by atoms with Gasteiger partial charge in [0, 0.05) is 13.6 Å². The Balaban J connectivity index is 1.71. The maximum atomic E-state index is 12.6. The van der Waals surface area contributed by atoms with E-state index in [9.17, 15) is 4.79 Å². The second kappa shape index (κ2) is 7.17. The van der Waals surface area contributed by atoms with Crippen LogP contribution in [0.2, 0.25) is 0 Å². The molecule has 1 aromatic carbocycles. The average molecular weight is 346 g/mol. The van der Waals surface area contributed by atoms with Crippen molar-refractivity contribution >= 4 is 23.1 Å². The van der Waals surface area contributed by atoms with Gasteiger partial charge in [-0.25, -0.2) is 0 Å². The number of para-hydroxylation sites is 2. The molecule has 1 aliphatic heterocycles. The maximum absolute atomic E-state index is 12.6. The minimum absolute atomic E-state index is 0.0349. The number of hydrogen-bond acceptors (Lipinski definition) is 6. The highest BCUT2D eigenvalue weighted by molar-refractivity contribution is 7.07. The van der Waals surface area contributed by atoms with Gasteiger partial charge in [0.25, 0.3) is 5.91 Å². The third kappa shape index (κ3) is 3.21. The molecule has 0 fully saturated rings. The van der Waals surface area contributed by atoms with Crippen molar-refractivity contribution in [3.8, 4) is 5.75 Å². The third-order valence-corrected chi connectivity index (χ3v) is 4.97. The van der Waals surface area contributed by atoms with E-state index in [4.69, 9.17) is 4.74 Å². The Morgan fingerprint density at radius 1 is 1.42 bits per heavy atom. The van der Waals surface area contributed by atoms with Crippen LogP contribution < -0.4 is 9.64 Å². The highest BCUT2D eigenvalue weighted by Gasteiger charge is 2.28. The van der Waals surface area contributed by atoms with Crippen LogP contribution >= 0.6 is 11.5 Å². The van der Waals surface area contributed by atoms with Crippen molar-refractivity contribution in [3.05, 3.63) is 34.8 Å². The summed E-state index contributed by atoms with van der Waals surface area (Å²) in [6.07, 6.45) is 0.655. The maximum Gasteiger partial charge on any atom is 0.267 e. The molecule has 128 valence electrons. The highest BCUT2D eigenvalue weighted by atomic mass is 32.1. The lowest BCUT2D eigenvalue weighted by Crippen LogP contribution is -2.46. The number of nitrogens with zero attached hydrogens (tertiary/aromatic N) is 4. The highest BCUT2D eigenvalue weighted by Crippen LogP contribution is 2.33. The Bertz CT molecular complexity index is 718. The van der Waals surface area contributed by atoms with Crippen LogP contribution in [-0.2, 0) is 6.42 Å². The van der Waals surface area contributed by atoms with Gasteiger partial charge in [-0.05, 0) is 37.0 Å². The van der Waals surface area contributed by atoms with Crippen molar-refractivity contribution in [2.75, 3.05) is 31.6 Å². The van der Waals surface area contributed by atoms with Crippen molar-refractivity contribution in [2.45, 2.75) is 26.4 Å². The fourth-order valence-electron chi connectivity index (χ4n) is 2.94. The fraction of sp³-hybridized carbons (Fsp3) is 0.471. The predicted octanol–water partition coefficient (Wildman–Crippen LogP) is 2.46. The number of amides is 1. The zero-order chi connectivity index (χ0) is 17.1. The number of likely N-dealkylation sites (N-methyl/N-ethyl adjacent to an activating group) is 2. The number of aryl methyl sites for hydroxylation is 1. The van der Waals surface area contributed by atoms with E-state index < -0.39 is 0 Å². The molecule has 0 aliphatic carbocycles. The smallest absolute Gasteiger partial charge is 0.267 e. The molecule has 6 nitrogen and oxygen atoms in total. The predicted molar refractivity (Wildman–Crippen MR) is 95.0 cm³/mol. The molecule has 24 heavy (non-hydrogen) atoms. The number of rotatable bonds is 5. The lowest BCUT2D eigenvalue weighted by Gasteiger charge is -2.37. The molecule has 1 amide bonds. The molecule has 0 saturated heterocycles. The SMILES string of the molecule is CCc1nnsc1C(=O)N(C)C[C@H]1CN(CC)c2ccccc2O1.